The van der Waals surface area contributed by atoms with Gasteiger partial charge in [-0.2, -0.15) is 0 Å². The van der Waals surface area contributed by atoms with E-state index < -0.39 is 0 Å². The fraction of sp³-hybridized carbons (Fsp3) is 0.444. The molecule has 1 aromatic carbocycles. The maximum atomic E-state index is 12.9. The van der Waals surface area contributed by atoms with Gasteiger partial charge in [0.15, 0.2) is 5.78 Å². The van der Waals surface area contributed by atoms with Crippen LogP contribution in [0.1, 0.15) is 53.7 Å². The van der Waals surface area contributed by atoms with Crippen molar-refractivity contribution in [2.75, 3.05) is 13.1 Å². The molecule has 1 aliphatic heterocycles. The fourth-order valence-electron chi connectivity index (χ4n) is 3.01. The first kappa shape index (κ1) is 17.3. The molecule has 1 amide bonds. The Morgan fingerprint density at radius 1 is 1.16 bits per heavy atom. The Kier molecular flexibility index (Phi) is 5.21. The Hall–Kier alpha value is -2.57. The van der Waals surface area contributed by atoms with Crippen molar-refractivity contribution in [3.63, 3.8) is 0 Å². The number of likely N-dealkylation sites (tertiary alicyclic amines) is 1. The van der Waals surface area contributed by atoms with Crippen LogP contribution in [-0.2, 0) is 4.79 Å². The van der Waals surface area contributed by atoms with E-state index in [1.807, 2.05) is 0 Å². The average Bonchev–Trinajstić information content (AvgIpc) is 3.06. The van der Waals surface area contributed by atoms with Crippen LogP contribution in [0.2, 0.25) is 0 Å². The molecule has 1 aromatic heterocycles. The standard InChI is InChI=1S/C18H20FN3O3/c1-12-20-21-18(25-12)14-8-10-22(11-9-14)17(24)7-6-16(23)13-2-4-15(19)5-3-13/h2-5,14H,6-11H2,1H3. The summed E-state index contributed by atoms with van der Waals surface area (Å²) in [6.07, 6.45) is 1.85. The van der Waals surface area contributed by atoms with Crippen LogP contribution in [0.3, 0.4) is 0 Å². The number of carbonyl (C=O) groups is 2. The summed E-state index contributed by atoms with van der Waals surface area (Å²) in [6.45, 7) is 3.00. The van der Waals surface area contributed by atoms with Gasteiger partial charge in [0.25, 0.3) is 0 Å². The molecule has 1 saturated heterocycles. The first-order chi connectivity index (χ1) is 12.0. The topological polar surface area (TPSA) is 76.3 Å². The number of ketones is 1. The molecule has 0 atom stereocenters. The number of nitrogens with zero attached hydrogens (tertiary/aromatic N) is 3. The van der Waals surface area contributed by atoms with Crippen LogP contribution < -0.4 is 0 Å². The lowest BCUT2D eigenvalue weighted by atomic mass is 9.96. The lowest BCUT2D eigenvalue weighted by Gasteiger charge is -2.30. The summed E-state index contributed by atoms with van der Waals surface area (Å²) in [6, 6.07) is 5.39. The van der Waals surface area contributed by atoms with Crippen molar-refractivity contribution in [1.29, 1.82) is 0 Å². The van der Waals surface area contributed by atoms with Gasteiger partial charge in [-0.25, -0.2) is 4.39 Å². The quantitative estimate of drug-likeness (QED) is 0.779. The summed E-state index contributed by atoms with van der Waals surface area (Å²) in [7, 11) is 0. The third-order valence-electron chi connectivity index (χ3n) is 4.47. The van der Waals surface area contributed by atoms with Crippen molar-refractivity contribution in [1.82, 2.24) is 15.1 Å². The molecule has 1 fully saturated rings. The number of halogens is 1. The lowest BCUT2D eigenvalue weighted by Crippen LogP contribution is -2.38. The van der Waals surface area contributed by atoms with Crippen LogP contribution in [0.4, 0.5) is 4.39 Å². The van der Waals surface area contributed by atoms with E-state index in [1.54, 1.807) is 11.8 Å². The molecule has 0 bridgehead atoms. The minimum atomic E-state index is -0.382. The van der Waals surface area contributed by atoms with Crippen LogP contribution in [-0.4, -0.2) is 39.9 Å². The lowest BCUT2D eigenvalue weighted by molar-refractivity contribution is -0.132. The Bertz CT molecular complexity index is 749. The average molecular weight is 345 g/mol. The normalized spacial score (nSPS) is 15.4. The number of Topliss-reactive ketones (excluding diaryl/α,β-unsaturated/α-hetero) is 1. The van der Waals surface area contributed by atoms with E-state index in [9.17, 15) is 14.0 Å². The van der Waals surface area contributed by atoms with E-state index in [2.05, 4.69) is 10.2 Å². The highest BCUT2D eigenvalue weighted by atomic mass is 19.1. The molecule has 0 N–H and O–H groups in total. The van der Waals surface area contributed by atoms with Gasteiger partial charge in [-0.1, -0.05) is 0 Å². The van der Waals surface area contributed by atoms with Gasteiger partial charge in [-0.3, -0.25) is 9.59 Å². The van der Waals surface area contributed by atoms with Gasteiger partial charge >= 0.3 is 0 Å². The van der Waals surface area contributed by atoms with Gasteiger partial charge < -0.3 is 9.32 Å². The second-order valence-corrected chi connectivity index (χ2v) is 6.24. The van der Waals surface area contributed by atoms with Crippen LogP contribution in [0.5, 0.6) is 0 Å². The number of carbonyl (C=O) groups excluding carboxylic acids is 2. The minimum Gasteiger partial charge on any atom is -0.425 e. The molecule has 2 heterocycles. The highest BCUT2D eigenvalue weighted by Crippen LogP contribution is 2.27. The molecular formula is C18H20FN3O3. The molecule has 0 radical (unpaired) electrons. The summed E-state index contributed by atoms with van der Waals surface area (Å²) < 4.78 is 18.3. The van der Waals surface area contributed by atoms with Crippen LogP contribution in [0.15, 0.2) is 28.7 Å². The molecule has 6 nitrogen and oxygen atoms in total. The summed E-state index contributed by atoms with van der Waals surface area (Å²) >= 11 is 0. The first-order valence-electron chi connectivity index (χ1n) is 8.39. The molecule has 132 valence electrons. The SMILES string of the molecule is Cc1nnc(C2CCN(C(=O)CCC(=O)c3ccc(F)cc3)CC2)o1. The third-order valence-corrected chi connectivity index (χ3v) is 4.47. The maximum absolute atomic E-state index is 12.9. The van der Waals surface area contributed by atoms with Gasteiger partial charge in [-0.15, -0.1) is 10.2 Å². The van der Waals surface area contributed by atoms with Crippen LogP contribution >= 0.6 is 0 Å². The molecule has 7 heteroatoms. The number of piperidine rings is 1. The Morgan fingerprint density at radius 3 is 2.44 bits per heavy atom. The zero-order valence-corrected chi connectivity index (χ0v) is 14.1. The predicted molar refractivity (Wildman–Crippen MR) is 87.6 cm³/mol. The number of hydrogen-bond acceptors (Lipinski definition) is 5. The summed E-state index contributed by atoms with van der Waals surface area (Å²) in [5.74, 6) is 0.808. The Morgan fingerprint density at radius 2 is 1.84 bits per heavy atom. The van der Waals surface area contributed by atoms with Crippen molar-refractivity contribution in [2.45, 2.75) is 38.5 Å². The fourth-order valence-corrected chi connectivity index (χ4v) is 3.01. The van der Waals surface area contributed by atoms with Crippen molar-refractivity contribution in [3.05, 3.63) is 47.4 Å². The summed E-state index contributed by atoms with van der Waals surface area (Å²) in [5.41, 5.74) is 0.430. The second-order valence-electron chi connectivity index (χ2n) is 6.24. The predicted octanol–water partition coefficient (Wildman–Crippen LogP) is 2.89. The number of amides is 1. The second kappa shape index (κ2) is 7.55. The third kappa shape index (κ3) is 4.29. The largest absolute Gasteiger partial charge is 0.425 e. The van der Waals surface area contributed by atoms with Crippen molar-refractivity contribution < 1.29 is 18.4 Å². The number of aromatic nitrogens is 2. The molecule has 1 aliphatic rings. The summed E-state index contributed by atoms with van der Waals surface area (Å²) in [4.78, 5) is 26.1. The van der Waals surface area contributed by atoms with E-state index in [-0.39, 0.29) is 36.3 Å². The Balaban J connectivity index is 1.46. The zero-order chi connectivity index (χ0) is 17.8. The zero-order valence-electron chi connectivity index (χ0n) is 14.1. The minimum absolute atomic E-state index is 0.0318. The van der Waals surface area contributed by atoms with E-state index >= 15 is 0 Å². The van der Waals surface area contributed by atoms with Gasteiger partial charge in [0, 0.05) is 44.3 Å². The van der Waals surface area contributed by atoms with Gasteiger partial charge in [0.05, 0.1) is 0 Å². The molecule has 0 spiro atoms. The van der Waals surface area contributed by atoms with Crippen LogP contribution in [0.25, 0.3) is 0 Å². The molecule has 0 aliphatic carbocycles. The highest BCUT2D eigenvalue weighted by molar-refractivity contribution is 5.97. The molecule has 0 unspecified atom stereocenters. The van der Waals surface area contributed by atoms with Gasteiger partial charge in [0.1, 0.15) is 5.82 Å². The number of benzene rings is 1. The smallest absolute Gasteiger partial charge is 0.223 e. The number of aryl methyl sites for hydroxylation is 1. The number of hydrogen-bond donors (Lipinski definition) is 0. The van der Waals surface area contributed by atoms with Gasteiger partial charge in [0.2, 0.25) is 17.7 Å². The molecular weight excluding hydrogens is 325 g/mol. The number of rotatable bonds is 5. The summed E-state index contributed by atoms with van der Waals surface area (Å²) in [5, 5.41) is 7.89. The van der Waals surface area contributed by atoms with E-state index in [4.69, 9.17) is 4.42 Å². The van der Waals surface area contributed by atoms with E-state index in [0.29, 0.717) is 30.4 Å². The first-order valence-corrected chi connectivity index (χ1v) is 8.39. The monoisotopic (exact) mass is 345 g/mol. The van der Waals surface area contributed by atoms with Crippen molar-refractivity contribution in [3.8, 4) is 0 Å². The molecule has 3 rings (SSSR count). The van der Waals surface area contributed by atoms with Crippen molar-refractivity contribution >= 4 is 11.7 Å². The van der Waals surface area contributed by atoms with Crippen LogP contribution in [0, 0.1) is 12.7 Å². The molecule has 0 saturated carbocycles. The van der Waals surface area contributed by atoms with Gasteiger partial charge in [-0.05, 0) is 37.1 Å². The molecule has 25 heavy (non-hydrogen) atoms. The maximum Gasteiger partial charge on any atom is 0.223 e. The van der Waals surface area contributed by atoms with E-state index in [0.717, 1.165) is 12.8 Å². The highest BCUT2D eigenvalue weighted by Gasteiger charge is 2.27. The Labute approximate surface area is 145 Å². The molecule has 2 aromatic rings. The van der Waals surface area contributed by atoms with E-state index in [1.165, 1.54) is 24.3 Å². The van der Waals surface area contributed by atoms with Crippen molar-refractivity contribution in [2.24, 2.45) is 0 Å².